The number of aromatic nitrogens is 3. The van der Waals surface area contributed by atoms with Gasteiger partial charge in [0.1, 0.15) is 0 Å². The van der Waals surface area contributed by atoms with Crippen molar-refractivity contribution in [2.24, 2.45) is 0 Å². The molecule has 0 saturated carbocycles. The highest BCUT2D eigenvalue weighted by Crippen LogP contribution is 2.16. The average molecular weight is 239 g/mol. The normalized spacial score (nSPS) is 9.92. The van der Waals surface area contributed by atoms with Crippen molar-refractivity contribution in [3.05, 3.63) is 34.9 Å². The first-order valence-corrected chi connectivity index (χ1v) is 4.53. The van der Waals surface area contributed by atoms with Gasteiger partial charge in [0.25, 0.3) is 0 Å². The van der Waals surface area contributed by atoms with Crippen molar-refractivity contribution >= 4 is 27.4 Å². The molecule has 1 heterocycles. The third kappa shape index (κ3) is 2.06. The van der Waals surface area contributed by atoms with E-state index in [1.165, 1.54) is 0 Å². The van der Waals surface area contributed by atoms with Crippen LogP contribution in [-0.2, 0) is 0 Å². The highest BCUT2D eigenvalue weighted by Gasteiger charge is 1.95. The van der Waals surface area contributed by atoms with E-state index in [9.17, 15) is 0 Å². The molecule has 0 radical (unpaired) electrons. The molecule has 0 unspecified atom stereocenters. The van der Waals surface area contributed by atoms with Gasteiger partial charge in [0.05, 0.1) is 6.20 Å². The van der Waals surface area contributed by atoms with Crippen molar-refractivity contribution in [1.82, 2.24) is 15.4 Å². The molecular formula is C8H7BrN4. The molecule has 2 aromatic rings. The third-order valence-electron chi connectivity index (χ3n) is 1.53. The van der Waals surface area contributed by atoms with Gasteiger partial charge in [-0.1, -0.05) is 21.1 Å². The van der Waals surface area contributed by atoms with E-state index in [2.05, 4.69) is 36.7 Å². The lowest BCUT2D eigenvalue weighted by Gasteiger charge is -2.00. The van der Waals surface area contributed by atoms with Gasteiger partial charge in [-0.05, 0) is 24.3 Å². The zero-order valence-corrected chi connectivity index (χ0v) is 8.25. The number of halogens is 1. The van der Waals surface area contributed by atoms with E-state index >= 15 is 0 Å². The molecule has 66 valence electrons. The minimum absolute atomic E-state index is 0.710. The summed E-state index contributed by atoms with van der Waals surface area (Å²) in [6.07, 6.45) is 1.70. The highest BCUT2D eigenvalue weighted by atomic mass is 79.9. The Morgan fingerprint density at radius 3 is 2.62 bits per heavy atom. The first-order valence-electron chi connectivity index (χ1n) is 3.73. The fourth-order valence-corrected chi connectivity index (χ4v) is 1.21. The van der Waals surface area contributed by atoms with Crippen LogP contribution in [-0.4, -0.2) is 15.4 Å². The third-order valence-corrected chi connectivity index (χ3v) is 2.06. The number of rotatable bonds is 2. The lowest BCUT2D eigenvalue weighted by atomic mass is 10.3. The summed E-state index contributed by atoms with van der Waals surface area (Å²) in [4.78, 5) is 0. The van der Waals surface area contributed by atoms with Crippen molar-refractivity contribution in [2.45, 2.75) is 0 Å². The van der Waals surface area contributed by atoms with Crippen LogP contribution < -0.4 is 5.32 Å². The minimum atomic E-state index is 0.710. The summed E-state index contributed by atoms with van der Waals surface area (Å²) in [5.74, 6) is 0.710. The van der Waals surface area contributed by atoms with Crippen molar-refractivity contribution in [3.8, 4) is 0 Å². The summed E-state index contributed by atoms with van der Waals surface area (Å²) in [7, 11) is 0. The molecule has 1 aromatic heterocycles. The molecule has 1 aromatic carbocycles. The van der Waals surface area contributed by atoms with Crippen LogP contribution in [0.1, 0.15) is 0 Å². The number of H-pyrrole nitrogens is 1. The first kappa shape index (κ1) is 8.25. The van der Waals surface area contributed by atoms with E-state index in [4.69, 9.17) is 0 Å². The number of aromatic amines is 1. The predicted octanol–water partition coefficient (Wildman–Crippen LogP) is 2.31. The Balaban J connectivity index is 2.15. The number of anilines is 2. The number of nitrogens with zero attached hydrogens (tertiary/aromatic N) is 2. The highest BCUT2D eigenvalue weighted by molar-refractivity contribution is 9.10. The van der Waals surface area contributed by atoms with E-state index in [0.29, 0.717) is 5.82 Å². The lowest BCUT2D eigenvalue weighted by Crippen LogP contribution is -1.89. The maximum Gasteiger partial charge on any atom is 0.172 e. The van der Waals surface area contributed by atoms with Gasteiger partial charge < -0.3 is 5.32 Å². The van der Waals surface area contributed by atoms with Gasteiger partial charge in [0.2, 0.25) is 0 Å². The van der Waals surface area contributed by atoms with Gasteiger partial charge in [-0.25, -0.2) is 0 Å². The SMILES string of the molecule is Brc1ccc(Nc2c[nH]nn2)cc1. The van der Waals surface area contributed by atoms with Crippen molar-refractivity contribution in [1.29, 1.82) is 0 Å². The second kappa shape index (κ2) is 3.57. The molecule has 0 fully saturated rings. The molecule has 0 bridgehead atoms. The molecule has 2 rings (SSSR count). The lowest BCUT2D eigenvalue weighted by molar-refractivity contribution is 0.942. The smallest absolute Gasteiger partial charge is 0.172 e. The summed E-state index contributed by atoms with van der Waals surface area (Å²) in [5, 5.41) is 13.1. The molecule has 0 aliphatic rings. The van der Waals surface area contributed by atoms with Crippen LogP contribution in [0.5, 0.6) is 0 Å². The fraction of sp³-hybridized carbons (Fsp3) is 0. The molecule has 2 N–H and O–H groups in total. The van der Waals surface area contributed by atoms with Crippen molar-refractivity contribution < 1.29 is 0 Å². The van der Waals surface area contributed by atoms with Crippen LogP contribution in [0.2, 0.25) is 0 Å². The van der Waals surface area contributed by atoms with Crippen LogP contribution in [0, 0.1) is 0 Å². The van der Waals surface area contributed by atoms with Gasteiger partial charge >= 0.3 is 0 Å². The number of hydrogen-bond acceptors (Lipinski definition) is 3. The largest absolute Gasteiger partial charge is 0.337 e. The van der Waals surface area contributed by atoms with Crippen LogP contribution in [0.4, 0.5) is 11.5 Å². The van der Waals surface area contributed by atoms with Gasteiger partial charge in [0, 0.05) is 10.2 Å². The van der Waals surface area contributed by atoms with E-state index in [-0.39, 0.29) is 0 Å². The van der Waals surface area contributed by atoms with Crippen LogP contribution >= 0.6 is 15.9 Å². The molecule has 13 heavy (non-hydrogen) atoms. The maximum atomic E-state index is 3.81. The van der Waals surface area contributed by atoms with Gasteiger partial charge in [0.15, 0.2) is 5.82 Å². The van der Waals surface area contributed by atoms with Crippen LogP contribution in [0.15, 0.2) is 34.9 Å². The molecule has 0 amide bonds. The molecule has 0 spiro atoms. The molecule has 4 nitrogen and oxygen atoms in total. The summed E-state index contributed by atoms with van der Waals surface area (Å²) < 4.78 is 1.05. The van der Waals surface area contributed by atoms with E-state index in [0.717, 1.165) is 10.2 Å². The number of nitrogens with one attached hydrogen (secondary N) is 2. The van der Waals surface area contributed by atoms with E-state index in [1.807, 2.05) is 24.3 Å². The maximum absolute atomic E-state index is 3.81. The Bertz CT molecular complexity index is 368. The monoisotopic (exact) mass is 238 g/mol. The van der Waals surface area contributed by atoms with Crippen LogP contribution in [0.3, 0.4) is 0 Å². The predicted molar refractivity (Wildman–Crippen MR) is 53.8 cm³/mol. The number of hydrogen-bond donors (Lipinski definition) is 2. The Kier molecular flexibility index (Phi) is 2.27. The van der Waals surface area contributed by atoms with Crippen LogP contribution in [0.25, 0.3) is 0 Å². The molecule has 0 aliphatic heterocycles. The molecular weight excluding hydrogens is 232 g/mol. The summed E-state index contributed by atoms with van der Waals surface area (Å²) in [6, 6.07) is 7.84. The Labute approximate surface area is 83.5 Å². The van der Waals surface area contributed by atoms with Crippen molar-refractivity contribution in [2.75, 3.05) is 5.32 Å². The second-order valence-corrected chi connectivity index (χ2v) is 3.41. The van der Waals surface area contributed by atoms with Crippen molar-refractivity contribution in [3.63, 3.8) is 0 Å². The first-order chi connectivity index (χ1) is 6.34. The Hall–Kier alpha value is -1.36. The van der Waals surface area contributed by atoms with E-state index < -0.39 is 0 Å². The fourth-order valence-electron chi connectivity index (χ4n) is 0.944. The van der Waals surface area contributed by atoms with Gasteiger partial charge in [-0.3, -0.25) is 5.10 Å². The Morgan fingerprint density at radius 1 is 1.23 bits per heavy atom. The molecule has 5 heteroatoms. The average Bonchev–Trinajstić information content (AvgIpc) is 2.62. The summed E-state index contributed by atoms with van der Waals surface area (Å²) in [5.41, 5.74) is 0.983. The zero-order valence-electron chi connectivity index (χ0n) is 6.66. The second-order valence-electron chi connectivity index (χ2n) is 2.49. The quantitative estimate of drug-likeness (QED) is 0.845. The topological polar surface area (TPSA) is 53.6 Å². The summed E-state index contributed by atoms with van der Waals surface area (Å²) in [6.45, 7) is 0. The minimum Gasteiger partial charge on any atom is -0.337 e. The Morgan fingerprint density at radius 2 is 2.00 bits per heavy atom. The van der Waals surface area contributed by atoms with Gasteiger partial charge in [-0.15, -0.1) is 5.10 Å². The zero-order chi connectivity index (χ0) is 9.10. The molecule has 0 aliphatic carbocycles. The summed E-state index contributed by atoms with van der Waals surface area (Å²) >= 11 is 3.36. The molecule has 0 saturated heterocycles. The number of benzene rings is 1. The molecule has 0 atom stereocenters. The standard InChI is InChI=1S/C8H7BrN4/c9-6-1-3-7(4-2-6)11-8-5-10-13-12-8/h1-5H,(H2,10,11,12,13). The van der Waals surface area contributed by atoms with Gasteiger partial charge in [-0.2, -0.15) is 0 Å². The van der Waals surface area contributed by atoms with E-state index in [1.54, 1.807) is 6.20 Å².